The molecule has 2 aliphatic rings. The van der Waals surface area contributed by atoms with Gasteiger partial charge >= 0.3 is 0 Å². The fourth-order valence-corrected chi connectivity index (χ4v) is 2.13. The molecule has 1 saturated heterocycles. The van der Waals surface area contributed by atoms with Crippen molar-refractivity contribution in [2.75, 3.05) is 19.8 Å². The quantitative estimate of drug-likeness (QED) is 0.513. The molecule has 3 N–H and O–H groups in total. The Morgan fingerprint density at radius 3 is 3.00 bits per heavy atom. The number of rotatable bonds is 3. The number of hydrazine groups is 1. The lowest BCUT2D eigenvalue weighted by molar-refractivity contribution is 0.0353. The molecule has 0 aliphatic carbocycles. The van der Waals surface area contributed by atoms with Crippen molar-refractivity contribution < 1.29 is 9.47 Å². The number of ether oxygens (including phenoxy) is 2. The molecule has 0 amide bonds. The van der Waals surface area contributed by atoms with E-state index in [9.17, 15) is 0 Å². The van der Waals surface area contributed by atoms with E-state index in [0.717, 1.165) is 44.8 Å². The highest BCUT2D eigenvalue weighted by molar-refractivity contribution is 5.08. The van der Waals surface area contributed by atoms with Crippen molar-refractivity contribution in [3.8, 4) is 0 Å². The van der Waals surface area contributed by atoms with Crippen LogP contribution in [-0.4, -0.2) is 25.9 Å². The Balaban J connectivity index is 1.96. The van der Waals surface area contributed by atoms with E-state index >= 15 is 0 Å². The average molecular weight is 198 g/mol. The molecule has 2 atom stereocenters. The van der Waals surface area contributed by atoms with Crippen molar-refractivity contribution in [3.63, 3.8) is 0 Å². The maximum Gasteiger partial charge on any atom is 0.111 e. The molecule has 4 heteroatoms. The third-order valence-corrected chi connectivity index (χ3v) is 2.89. The summed E-state index contributed by atoms with van der Waals surface area (Å²) in [5, 5.41) is 0. The van der Waals surface area contributed by atoms with Crippen molar-refractivity contribution in [1.29, 1.82) is 0 Å². The molecule has 2 unspecified atom stereocenters. The molecule has 4 nitrogen and oxygen atoms in total. The average Bonchev–Trinajstić information content (AvgIpc) is 2.74. The van der Waals surface area contributed by atoms with Crippen LogP contribution in [0, 0.1) is 5.92 Å². The van der Waals surface area contributed by atoms with Gasteiger partial charge in [-0.25, -0.2) is 5.43 Å². The Labute approximate surface area is 84.4 Å². The topological polar surface area (TPSA) is 56.5 Å². The second-order valence-corrected chi connectivity index (χ2v) is 3.87. The first-order chi connectivity index (χ1) is 6.92. The predicted octanol–water partition coefficient (Wildman–Crippen LogP) is 0.549. The monoisotopic (exact) mass is 198 g/mol. The summed E-state index contributed by atoms with van der Waals surface area (Å²) in [6, 6.07) is 0.137. The minimum Gasteiger partial charge on any atom is -0.496 e. The Hall–Kier alpha value is -0.580. The first kappa shape index (κ1) is 9.96. The van der Waals surface area contributed by atoms with Gasteiger partial charge in [-0.1, -0.05) is 0 Å². The van der Waals surface area contributed by atoms with Gasteiger partial charge in [0.15, 0.2) is 0 Å². The maximum atomic E-state index is 5.56. The Bertz CT molecular complexity index is 212. The van der Waals surface area contributed by atoms with E-state index in [4.69, 9.17) is 15.3 Å². The zero-order chi connectivity index (χ0) is 9.80. The predicted molar refractivity (Wildman–Crippen MR) is 53.3 cm³/mol. The van der Waals surface area contributed by atoms with Crippen LogP contribution >= 0.6 is 0 Å². The minimum absolute atomic E-state index is 0.137. The SMILES string of the molecule is NNC(C1=CCCO1)C1CCCOC1. The number of nitrogens with two attached hydrogens (primary N) is 1. The van der Waals surface area contributed by atoms with Crippen LogP contribution in [0.1, 0.15) is 19.3 Å². The summed E-state index contributed by atoms with van der Waals surface area (Å²) in [6.45, 7) is 2.46. The summed E-state index contributed by atoms with van der Waals surface area (Å²) in [6.07, 6.45) is 5.41. The maximum absolute atomic E-state index is 5.56. The number of hydrogen-bond donors (Lipinski definition) is 2. The van der Waals surface area contributed by atoms with E-state index in [1.54, 1.807) is 0 Å². The highest BCUT2D eigenvalue weighted by atomic mass is 16.5. The molecule has 0 aromatic carbocycles. The summed E-state index contributed by atoms with van der Waals surface area (Å²) in [5.41, 5.74) is 2.84. The first-order valence-corrected chi connectivity index (χ1v) is 5.28. The van der Waals surface area contributed by atoms with Crippen LogP contribution in [-0.2, 0) is 9.47 Å². The fraction of sp³-hybridized carbons (Fsp3) is 0.800. The Morgan fingerprint density at radius 2 is 2.43 bits per heavy atom. The summed E-state index contributed by atoms with van der Waals surface area (Å²) in [4.78, 5) is 0. The van der Waals surface area contributed by atoms with Crippen molar-refractivity contribution >= 4 is 0 Å². The van der Waals surface area contributed by atoms with E-state index in [1.807, 2.05) is 0 Å². The van der Waals surface area contributed by atoms with Gasteiger partial charge in [-0.2, -0.15) is 0 Å². The van der Waals surface area contributed by atoms with Gasteiger partial charge in [-0.05, 0) is 18.9 Å². The van der Waals surface area contributed by atoms with Crippen LogP contribution in [0.4, 0.5) is 0 Å². The Kier molecular flexibility index (Phi) is 3.39. The first-order valence-electron chi connectivity index (χ1n) is 5.28. The lowest BCUT2D eigenvalue weighted by Gasteiger charge is -2.29. The lowest BCUT2D eigenvalue weighted by atomic mass is 9.93. The molecule has 0 radical (unpaired) electrons. The summed E-state index contributed by atoms with van der Waals surface area (Å²) in [7, 11) is 0. The van der Waals surface area contributed by atoms with Crippen LogP contribution in [0.3, 0.4) is 0 Å². The summed E-state index contributed by atoms with van der Waals surface area (Å²) < 4.78 is 11.0. The van der Waals surface area contributed by atoms with E-state index in [1.165, 1.54) is 0 Å². The molecular weight excluding hydrogens is 180 g/mol. The zero-order valence-corrected chi connectivity index (χ0v) is 8.37. The van der Waals surface area contributed by atoms with Gasteiger partial charge < -0.3 is 9.47 Å². The van der Waals surface area contributed by atoms with Gasteiger partial charge in [0.2, 0.25) is 0 Å². The molecule has 1 fully saturated rings. The molecule has 14 heavy (non-hydrogen) atoms. The van der Waals surface area contributed by atoms with Gasteiger partial charge in [0, 0.05) is 18.9 Å². The van der Waals surface area contributed by atoms with Gasteiger partial charge in [0.25, 0.3) is 0 Å². The molecule has 80 valence electrons. The molecule has 0 aromatic heterocycles. The second-order valence-electron chi connectivity index (χ2n) is 3.87. The smallest absolute Gasteiger partial charge is 0.111 e. The lowest BCUT2D eigenvalue weighted by Crippen LogP contribution is -2.45. The molecular formula is C10H18N2O2. The van der Waals surface area contributed by atoms with Crippen molar-refractivity contribution in [2.24, 2.45) is 11.8 Å². The molecule has 2 heterocycles. The third kappa shape index (κ3) is 2.08. The van der Waals surface area contributed by atoms with E-state index < -0.39 is 0 Å². The molecule has 2 rings (SSSR count). The highest BCUT2D eigenvalue weighted by Crippen LogP contribution is 2.24. The van der Waals surface area contributed by atoms with Crippen LogP contribution in [0.25, 0.3) is 0 Å². The van der Waals surface area contributed by atoms with Crippen molar-refractivity contribution in [1.82, 2.24) is 5.43 Å². The van der Waals surface area contributed by atoms with Gasteiger partial charge in [0.05, 0.1) is 19.3 Å². The molecule has 0 spiro atoms. The number of nitrogens with one attached hydrogen (secondary N) is 1. The van der Waals surface area contributed by atoms with Gasteiger partial charge in [-0.15, -0.1) is 0 Å². The largest absolute Gasteiger partial charge is 0.496 e. The zero-order valence-electron chi connectivity index (χ0n) is 8.37. The normalized spacial score (nSPS) is 29.5. The van der Waals surface area contributed by atoms with Crippen molar-refractivity contribution in [3.05, 3.63) is 11.8 Å². The molecule has 2 aliphatic heterocycles. The van der Waals surface area contributed by atoms with Crippen LogP contribution in [0.2, 0.25) is 0 Å². The standard InChI is InChI=1S/C10H18N2O2/c11-12-10(9-4-2-6-14-9)8-3-1-5-13-7-8/h4,8,10,12H,1-3,5-7,11H2. The van der Waals surface area contributed by atoms with Crippen LogP contribution < -0.4 is 11.3 Å². The van der Waals surface area contributed by atoms with E-state index in [-0.39, 0.29) is 6.04 Å². The van der Waals surface area contributed by atoms with E-state index in [0.29, 0.717) is 5.92 Å². The minimum atomic E-state index is 0.137. The summed E-state index contributed by atoms with van der Waals surface area (Å²) in [5.74, 6) is 7.02. The third-order valence-electron chi connectivity index (χ3n) is 2.89. The van der Waals surface area contributed by atoms with E-state index in [2.05, 4.69) is 11.5 Å². The summed E-state index contributed by atoms with van der Waals surface area (Å²) >= 11 is 0. The number of hydrogen-bond acceptors (Lipinski definition) is 4. The van der Waals surface area contributed by atoms with Crippen LogP contribution in [0.15, 0.2) is 11.8 Å². The Morgan fingerprint density at radius 1 is 1.50 bits per heavy atom. The van der Waals surface area contributed by atoms with Gasteiger partial charge in [-0.3, -0.25) is 5.84 Å². The van der Waals surface area contributed by atoms with Crippen LogP contribution in [0.5, 0.6) is 0 Å². The molecule has 0 aromatic rings. The second kappa shape index (κ2) is 4.77. The molecule has 0 saturated carbocycles. The van der Waals surface area contributed by atoms with Gasteiger partial charge in [0.1, 0.15) is 5.76 Å². The highest BCUT2D eigenvalue weighted by Gasteiger charge is 2.28. The fourth-order valence-electron chi connectivity index (χ4n) is 2.13. The van der Waals surface area contributed by atoms with Crippen molar-refractivity contribution in [2.45, 2.75) is 25.3 Å². The molecule has 0 bridgehead atoms.